The second-order valence-electron chi connectivity index (χ2n) is 4.71. The van der Waals surface area contributed by atoms with Crippen molar-refractivity contribution in [1.82, 2.24) is 0 Å². The topological polar surface area (TPSA) is 35.2 Å². The Balaban J connectivity index is 2.84. The Kier molecular flexibility index (Phi) is 5.66. The van der Waals surface area contributed by atoms with Gasteiger partial charge < -0.3 is 10.5 Å². The quantitative estimate of drug-likeness (QED) is 0.859. The maximum atomic E-state index is 12.2. The Labute approximate surface area is 111 Å². The zero-order chi connectivity index (χ0) is 14.5. The van der Waals surface area contributed by atoms with Gasteiger partial charge in [-0.15, -0.1) is 13.2 Å². The van der Waals surface area contributed by atoms with E-state index in [2.05, 4.69) is 4.74 Å². The molecule has 0 saturated carbocycles. The largest absolute Gasteiger partial charge is 0.573 e. The predicted octanol–water partition coefficient (Wildman–Crippen LogP) is 3.68. The van der Waals surface area contributed by atoms with Crippen LogP contribution in [0.3, 0.4) is 0 Å². The van der Waals surface area contributed by atoms with Gasteiger partial charge in [0.25, 0.3) is 0 Å². The fourth-order valence-electron chi connectivity index (χ4n) is 1.90. The highest BCUT2D eigenvalue weighted by Crippen LogP contribution is 2.26. The van der Waals surface area contributed by atoms with Crippen molar-refractivity contribution < 1.29 is 17.9 Å². The number of benzene rings is 1. The molecule has 0 heterocycles. The maximum absolute atomic E-state index is 12.2. The molecule has 0 spiro atoms. The molecule has 19 heavy (non-hydrogen) atoms. The van der Waals surface area contributed by atoms with Crippen LogP contribution in [0.1, 0.15) is 31.4 Å². The molecule has 1 unspecified atom stereocenters. The van der Waals surface area contributed by atoms with E-state index in [1.165, 1.54) is 12.1 Å². The second-order valence-corrected chi connectivity index (χ2v) is 4.71. The van der Waals surface area contributed by atoms with Crippen LogP contribution in [0.5, 0.6) is 5.75 Å². The number of hydrogen-bond acceptors (Lipinski definition) is 2. The number of hydrogen-bond donors (Lipinski definition) is 1. The van der Waals surface area contributed by atoms with Gasteiger partial charge >= 0.3 is 6.36 Å². The van der Waals surface area contributed by atoms with Crippen molar-refractivity contribution in [1.29, 1.82) is 0 Å². The number of ether oxygens (including phenoxy) is 1. The minimum absolute atomic E-state index is 0.153. The summed E-state index contributed by atoms with van der Waals surface area (Å²) < 4.78 is 40.5. The van der Waals surface area contributed by atoms with E-state index in [1.54, 1.807) is 6.07 Å². The first kappa shape index (κ1) is 15.8. The molecule has 5 heteroatoms. The van der Waals surface area contributed by atoms with Crippen LogP contribution >= 0.6 is 0 Å². The van der Waals surface area contributed by atoms with Crippen molar-refractivity contribution in [3.05, 3.63) is 29.3 Å². The molecule has 1 aromatic carbocycles. The molecule has 0 aliphatic carbocycles. The lowest BCUT2D eigenvalue weighted by Crippen LogP contribution is -2.17. The van der Waals surface area contributed by atoms with Crippen molar-refractivity contribution in [2.45, 2.75) is 39.5 Å². The summed E-state index contributed by atoms with van der Waals surface area (Å²) in [6.07, 6.45) is -2.27. The van der Waals surface area contributed by atoms with Crippen LogP contribution in [0.2, 0.25) is 0 Å². The van der Waals surface area contributed by atoms with Gasteiger partial charge in [0, 0.05) is 0 Å². The molecule has 0 bridgehead atoms. The molecular weight excluding hydrogens is 255 g/mol. The lowest BCUT2D eigenvalue weighted by atomic mass is 9.96. The maximum Gasteiger partial charge on any atom is 0.573 e. The summed E-state index contributed by atoms with van der Waals surface area (Å²) in [5.74, 6) is 0.206. The molecule has 0 radical (unpaired) electrons. The van der Waals surface area contributed by atoms with Gasteiger partial charge in [0.05, 0.1) is 0 Å². The van der Waals surface area contributed by atoms with Gasteiger partial charge in [0.15, 0.2) is 0 Å². The molecule has 1 atom stereocenters. The minimum Gasteiger partial charge on any atom is -0.406 e. The average molecular weight is 275 g/mol. The molecule has 0 fully saturated rings. The third kappa shape index (κ3) is 5.51. The first-order valence-electron chi connectivity index (χ1n) is 6.43. The van der Waals surface area contributed by atoms with E-state index in [0.29, 0.717) is 12.5 Å². The van der Waals surface area contributed by atoms with Gasteiger partial charge in [-0.25, -0.2) is 0 Å². The number of aryl methyl sites for hydroxylation is 2. The highest BCUT2D eigenvalue weighted by molar-refractivity contribution is 5.36. The Bertz CT molecular complexity index is 404. The first-order valence-corrected chi connectivity index (χ1v) is 6.43. The number of alkyl halides is 3. The summed E-state index contributed by atoms with van der Waals surface area (Å²) in [5, 5.41) is 0. The minimum atomic E-state index is -4.64. The third-order valence-corrected chi connectivity index (χ3v) is 3.10. The molecule has 0 aliphatic rings. The van der Waals surface area contributed by atoms with Crippen LogP contribution in [0.25, 0.3) is 0 Å². The summed E-state index contributed by atoms with van der Waals surface area (Å²) >= 11 is 0. The van der Waals surface area contributed by atoms with Crippen molar-refractivity contribution in [2.24, 2.45) is 11.7 Å². The summed E-state index contributed by atoms with van der Waals surface area (Å²) in [6.45, 7) is 4.59. The molecule has 1 rings (SSSR count). The van der Waals surface area contributed by atoms with Gasteiger partial charge in [0.2, 0.25) is 0 Å². The molecule has 2 N–H and O–H groups in total. The highest BCUT2D eigenvalue weighted by atomic mass is 19.4. The Morgan fingerprint density at radius 1 is 1.26 bits per heavy atom. The number of halogens is 3. The summed E-state index contributed by atoms with van der Waals surface area (Å²) in [7, 11) is 0. The van der Waals surface area contributed by atoms with Gasteiger partial charge in [0.1, 0.15) is 5.75 Å². The number of rotatable bonds is 6. The Morgan fingerprint density at radius 3 is 2.47 bits per heavy atom. The van der Waals surface area contributed by atoms with E-state index in [9.17, 15) is 13.2 Å². The first-order chi connectivity index (χ1) is 8.85. The summed E-state index contributed by atoms with van der Waals surface area (Å²) in [6, 6.07) is 4.54. The van der Waals surface area contributed by atoms with Crippen molar-refractivity contribution in [3.8, 4) is 5.75 Å². The smallest absolute Gasteiger partial charge is 0.406 e. The molecule has 1 aromatic rings. The van der Waals surface area contributed by atoms with Gasteiger partial charge in [-0.3, -0.25) is 0 Å². The Morgan fingerprint density at radius 2 is 1.95 bits per heavy atom. The fraction of sp³-hybridized carbons (Fsp3) is 0.571. The van der Waals surface area contributed by atoms with Gasteiger partial charge in [-0.2, -0.15) is 0 Å². The molecule has 0 aliphatic heterocycles. The third-order valence-electron chi connectivity index (χ3n) is 3.10. The van der Waals surface area contributed by atoms with Crippen LogP contribution in [0.15, 0.2) is 18.2 Å². The van der Waals surface area contributed by atoms with Gasteiger partial charge in [-0.05, 0) is 55.0 Å². The molecule has 0 aromatic heterocycles. The standard InChI is InChI=1S/C14H20F3NO/c1-3-11-6-7-13(19-14(15,16)17)8-12(11)5-4-10(2)9-18/h6-8,10H,3-5,9,18H2,1-2H3. The zero-order valence-electron chi connectivity index (χ0n) is 11.3. The SMILES string of the molecule is CCc1ccc(OC(F)(F)F)cc1CCC(C)CN. The summed E-state index contributed by atoms with van der Waals surface area (Å²) in [4.78, 5) is 0. The lowest BCUT2D eigenvalue weighted by molar-refractivity contribution is -0.274. The molecule has 0 amide bonds. The molecule has 108 valence electrons. The van der Waals surface area contributed by atoms with E-state index in [4.69, 9.17) is 5.73 Å². The normalized spacial score (nSPS) is 13.4. The van der Waals surface area contributed by atoms with E-state index < -0.39 is 6.36 Å². The number of nitrogens with two attached hydrogens (primary N) is 1. The lowest BCUT2D eigenvalue weighted by Gasteiger charge is -2.14. The molecular formula is C14H20F3NO. The average Bonchev–Trinajstić information content (AvgIpc) is 2.34. The van der Waals surface area contributed by atoms with Gasteiger partial charge in [-0.1, -0.05) is 19.9 Å². The van der Waals surface area contributed by atoms with Crippen LogP contribution in [-0.4, -0.2) is 12.9 Å². The van der Waals surface area contributed by atoms with E-state index in [1.807, 2.05) is 13.8 Å². The molecule has 0 saturated heterocycles. The molecule has 2 nitrogen and oxygen atoms in total. The van der Waals surface area contributed by atoms with Crippen LogP contribution in [0, 0.1) is 5.92 Å². The fourth-order valence-corrected chi connectivity index (χ4v) is 1.90. The van der Waals surface area contributed by atoms with E-state index in [-0.39, 0.29) is 5.75 Å². The van der Waals surface area contributed by atoms with Crippen molar-refractivity contribution in [2.75, 3.05) is 6.54 Å². The van der Waals surface area contributed by atoms with E-state index >= 15 is 0 Å². The van der Waals surface area contributed by atoms with Crippen molar-refractivity contribution >= 4 is 0 Å². The van der Waals surface area contributed by atoms with Crippen LogP contribution in [0.4, 0.5) is 13.2 Å². The van der Waals surface area contributed by atoms with E-state index in [0.717, 1.165) is 30.4 Å². The second kappa shape index (κ2) is 6.80. The van der Waals surface area contributed by atoms with Crippen LogP contribution in [-0.2, 0) is 12.8 Å². The zero-order valence-corrected chi connectivity index (χ0v) is 11.3. The Hall–Kier alpha value is -1.23. The van der Waals surface area contributed by atoms with Crippen molar-refractivity contribution in [3.63, 3.8) is 0 Å². The summed E-state index contributed by atoms with van der Waals surface area (Å²) in [5.41, 5.74) is 7.51. The monoisotopic (exact) mass is 275 g/mol. The van der Waals surface area contributed by atoms with Crippen LogP contribution < -0.4 is 10.5 Å². The highest BCUT2D eigenvalue weighted by Gasteiger charge is 2.31. The predicted molar refractivity (Wildman–Crippen MR) is 69.0 cm³/mol.